The van der Waals surface area contributed by atoms with E-state index in [1.54, 1.807) is 19.1 Å². The van der Waals surface area contributed by atoms with Gasteiger partial charge in [-0.3, -0.25) is 0 Å². The number of hydrogen-bond donors (Lipinski definition) is 1. The number of aliphatic hydroxyl groups is 1. The van der Waals surface area contributed by atoms with Gasteiger partial charge in [0.2, 0.25) is 0 Å². The molecule has 0 fully saturated rings. The molecule has 2 aromatic rings. The molecule has 0 amide bonds. The minimum Gasteiger partial charge on any atom is -0.489 e. The fourth-order valence-electron chi connectivity index (χ4n) is 1.95. The lowest BCUT2D eigenvalue weighted by Crippen LogP contribution is -2.01. The van der Waals surface area contributed by atoms with E-state index in [0.29, 0.717) is 16.7 Å². The first kappa shape index (κ1) is 16.2. The number of benzene rings is 2. The van der Waals surface area contributed by atoms with Crippen LogP contribution in [0.1, 0.15) is 24.5 Å². The predicted octanol–water partition coefficient (Wildman–Crippen LogP) is 4.89. The Morgan fingerprint density at radius 2 is 1.67 bits per heavy atom. The molecule has 21 heavy (non-hydrogen) atoms. The molecule has 2 nitrogen and oxygen atoms in total. The molecule has 0 bridgehead atoms. The van der Waals surface area contributed by atoms with Crippen molar-refractivity contribution in [2.24, 2.45) is 0 Å². The molecule has 0 aliphatic heterocycles. The maximum Gasteiger partial charge on any atom is 0.119 e. The SMILES string of the molecule is CC(O)CCc1ccc(OCc2c(Cl)cccc2Cl)cc1. The first-order valence-corrected chi connectivity index (χ1v) is 7.64. The molecule has 2 rings (SSSR count). The zero-order chi connectivity index (χ0) is 15.2. The normalized spacial score (nSPS) is 12.2. The third kappa shape index (κ3) is 4.92. The Morgan fingerprint density at radius 1 is 1.05 bits per heavy atom. The summed E-state index contributed by atoms with van der Waals surface area (Å²) in [5, 5.41) is 10.5. The zero-order valence-electron chi connectivity index (χ0n) is 11.9. The highest BCUT2D eigenvalue weighted by Crippen LogP contribution is 2.26. The van der Waals surface area contributed by atoms with Crippen LogP contribution in [-0.4, -0.2) is 11.2 Å². The third-order valence-electron chi connectivity index (χ3n) is 3.22. The number of aliphatic hydroxyl groups excluding tert-OH is 1. The number of hydrogen-bond acceptors (Lipinski definition) is 2. The number of rotatable bonds is 6. The van der Waals surface area contributed by atoms with Crippen molar-refractivity contribution >= 4 is 23.2 Å². The molecule has 0 aliphatic carbocycles. The van der Waals surface area contributed by atoms with E-state index in [0.717, 1.165) is 24.2 Å². The van der Waals surface area contributed by atoms with E-state index >= 15 is 0 Å². The molecule has 0 radical (unpaired) electrons. The quantitative estimate of drug-likeness (QED) is 0.820. The number of ether oxygens (including phenoxy) is 1. The first-order chi connectivity index (χ1) is 10.1. The minimum absolute atomic E-state index is 0.275. The Kier molecular flexibility index (Phi) is 5.92. The molecule has 0 spiro atoms. The van der Waals surface area contributed by atoms with Crippen molar-refractivity contribution in [3.63, 3.8) is 0 Å². The van der Waals surface area contributed by atoms with Crippen molar-refractivity contribution in [2.45, 2.75) is 32.5 Å². The van der Waals surface area contributed by atoms with E-state index in [9.17, 15) is 5.11 Å². The van der Waals surface area contributed by atoms with Crippen LogP contribution < -0.4 is 4.74 Å². The summed E-state index contributed by atoms with van der Waals surface area (Å²) in [6.45, 7) is 2.14. The Hall–Kier alpha value is -1.22. The van der Waals surface area contributed by atoms with Crippen molar-refractivity contribution in [2.75, 3.05) is 0 Å². The summed E-state index contributed by atoms with van der Waals surface area (Å²) in [6, 6.07) is 13.3. The lowest BCUT2D eigenvalue weighted by molar-refractivity contribution is 0.185. The second-order valence-electron chi connectivity index (χ2n) is 5.02. The molecule has 0 aliphatic rings. The van der Waals surface area contributed by atoms with Crippen molar-refractivity contribution in [3.8, 4) is 5.75 Å². The topological polar surface area (TPSA) is 29.5 Å². The maximum absolute atomic E-state index is 9.28. The smallest absolute Gasteiger partial charge is 0.119 e. The molecule has 0 saturated carbocycles. The van der Waals surface area contributed by atoms with Gasteiger partial charge >= 0.3 is 0 Å². The first-order valence-electron chi connectivity index (χ1n) is 6.89. The fraction of sp³-hybridized carbons (Fsp3) is 0.294. The number of aryl methyl sites for hydroxylation is 1. The van der Waals surface area contributed by atoms with Gasteiger partial charge in [-0.25, -0.2) is 0 Å². The summed E-state index contributed by atoms with van der Waals surface area (Å²) in [7, 11) is 0. The van der Waals surface area contributed by atoms with Crippen molar-refractivity contribution < 1.29 is 9.84 Å². The largest absolute Gasteiger partial charge is 0.489 e. The fourth-order valence-corrected chi connectivity index (χ4v) is 2.46. The zero-order valence-corrected chi connectivity index (χ0v) is 13.4. The minimum atomic E-state index is -0.275. The van der Waals surface area contributed by atoms with Crippen LogP contribution in [0.25, 0.3) is 0 Å². The number of halogens is 2. The van der Waals surface area contributed by atoms with Gasteiger partial charge in [-0.15, -0.1) is 0 Å². The van der Waals surface area contributed by atoms with Crippen LogP contribution in [0.5, 0.6) is 5.75 Å². The Morgan fingerprint density at radius 3 is 2.24 bits per heavy atom. The van der Waals surface area contributed by atoms with Crippen molar-refractivity contribution in [1.82, 2.24) is 0 Å². The van der Waals surface area contributed by atoms with Gasteiger partial charge in [0.15, 0.2) is 0 Å². The molecule has 1 unspecified atom stereocenters. The summed E-state index contributed by atoms with van der Waals surface area (Å²) in [6.07, 6.45) is 1.34. The van der Waals surface area contributed by atoms with Gasteiger partial charge in [0.25, 0.3) is 0 Å². The molecule has 1 atom stereocenters. The molecule has 0 heterocycles. The predicted molar refractivity (Wildman–Crippen MR) is 87.2 cm³/mol. The summed E-state index contributed by atoms with van der Waals surface area (Å²) in [4.78, 5) is 0. The van der Waals surface area contributed by atoms with E-state index in [2.05, 4.69) is 0 Å². The van der Waals surface area contributed by atoms with Crippen molar-refractivity contribution in [3.05, 3.63) is 63.6 Å². The molecule has 0 aromatic heterocycles. The van der Waals surface area contributed by atoms with Crippen LogP contribution in [0.15, 0.2) is 42.5 Å². The average Bonchev–Trinajstić information content (AvgIpc) is 2.46. The van der Waals surface area contributed by atoms with Gasteiger partial charge in [-0.1, -0.05) is 41.4 Å². The van der Waals surface area contributed by atoms with Gasteiger partial charge in [0, 0.05) is 15.6 Å². The van der Waals surface area contributed by atoms with Gasteiger partial charge in [0.05, 0.1) is 6.10 Å². The second kappa shape index (κ2) is 7.69. The van der Waals surface area contributed by atoms with Crippen LogP contribution in [0.3, 0.4) is 0 Å². The summed E-state index contributed by atoms with van der Waals surface area (Å²) < 4.78 is 5.72. The summed E-state index contributed by atoms with van der Waals surface area (Å²) in [5.74, 6) is 0.770. The molecule has 112 valence electrons. The Labute approximate surface area is 135 Å². The maximum atomic E-state index is 9.28. The molecule has 2 aromatic carbocycles. The Bertz CT molecular complexity index is 560. The average molecular weight is 325 g/mol. The highest BCUT2D eigenvalue weighted by Gasteiger charge is 2.06. The van der Waals surface area contributed by atoms with Crippen LogP contribution in [0.4, 0.5) is 0 Å². The summed E-state index contributed by atoms with van der Waals surface area (Å²) in [5.41, 5.74) is 1.97. The van der Waals surface area contributed by atoms with Gasteiger partial charge in [-0.05, 0) is 49.6 Å². The second-order valence-corrected chi connectivity index (χ2v) is 5.83. The monoisotopic (exact) mass is 324 g/mol. The van der Waals surface area contributed by atoms with E-state index < -0.39 is 0 Å². The van der Waals surface area contributed by atoms with Gasteiger partial charge < -0.3 is 9.84 Å². The molecular formula is C17H18Cl2O2. The van der Waals surface area contributed by atoms with E-state index in [4.69, 9.17) is 27.9 Å². The van der Waals surface area contributed by atoms with Gasteiger partial charge in [-0.2, -0.15) is 0 Å². The molecule has 1 N–H and O–H groups in total. The van der Waals surface area contributed by atoms with Crippen LogP contribution in [-0.2, 0) is 13.0 Å². The van der Waals surface area contributed by atoms with Gasteiger partial charge in [0.1, 0.15) is 12.4 Å². The molecule has 0 saturated heterocycles. The Balaban J connectivity index is 1.95. The standard InChI is InChI=1S/C17H18Cl2O2/c1-12(20)5-6-13-7-9-14(10-8-13)21-11-15-16(18)3-2-4-17(15)19/h2-4,7-10,12,20H,5-6,11H2,1H3. The van der Waals surface area contributed by atoms with Crippen LogP contribution in [0, 0.1) is 0 Å². The molecule has 4 heteroatoms. The lowest BCUT2D eigenvalue weighted by atomic mass is 10.1. The lowest BCUT2D eigenvalue weighted by Gasteiger charge is -2.10. The van der Waals surface area contributed by atoms with Crippen LogP contribution >= 0.6 is 23.2 Å². The highest BCUT2D eigenvalue weighted by molar-refractivity contribution is 6.35. The highest BCUT2D eigenvalue weighted by atomic mass is 35.5. The van der Waals surface area contributed by atoms with Crippen LogP contribution in [0.2, 0.25) is 10.0 Å². The van der Waals surface area contributed by atoms with E-state index in [1.807, 2.05) is 30.3 Å². The van der Waals surface area contributed by atoms with Crippen molar-refractivity contribution in [1.29, 1.82) is 0 Å². The molecular weight excluding hydrogens is 307 g/mol. The van der Waals surface area contributed by atoms with E-state index in [1.165, 1.54) is 5.56 Å². The third-order valence-corrected chi connectivity index (χ3v) is 3.93. The van der Waals surface area contributed by atoms with E-state index in [-0.39, 0.29) is 6.10 Å². The summed E-state index contributed by atoms with van der Waals surface area (Å²) >= 11 is 12.2.